The topological polar surface area (TPSA) is 37.0 Å². The van der Waals surface area contributed by atoms with Crippen LogP contribution in [0.2, 0.25) is 15.1 Å². The zero-order valence-electron chi connectivity index (χ0n) is 16.9. The molecule has 1 heterocycles. The Morgan fingerprint density at radius 3 is 2.26 bits per heavy atom. The van der Waals surface area contributed by atoms with E-state index in [9.17, 15) is 0 Å². The van der Waals surface area contributed by atoms with Crippen LogP contribution in [0, 0.1) is 0 Å². The smallest absolute Gasteiger partial charge is 0.0737 e. The van der Waals surface area contributed by atoms with Gasteiger partial charge in [0.05, 0.1) is 5.52 Å². The van der Waals surface area contributed by atoms with Gasteiger partial charge in [0.1, 0.15) is 0 Å². The van der Waals surface area contributed by atoms with Crippen molar-refractivity contribution >= 4 is 76.2 Å². The maximum absolute atomic E-state index is 6.27. The summed E-state index contributed by atoms with van der Waals surface area (Å²) < 4.78 is 0. The Labute approximate surface area is 211 Å². The Bertz CT molecular complexity index is 970. The highest BCUT2D eigenvalue weighted by Crippen LogP contribution is 2.28. The van der Waals surface area contributed by atoms with Crippen LogP contribution in [0.1, 0.15) is 31.2 Å². The largest absolute Gasteiger partial charge is 0.382 e. The van der Waals surface area contributed by atoms with E-state index in [4.69, 9.17) is 34.8 Å². The molecule has 4 rings (SSSR count). The van der Waals surface area contributed by atoms with Crippen molar-refractivity contribution in [2.24, 2.45) is 0 Å². The van der Waals surface area contributed by atoms with Gasteiger partial charge in [-0.25, -0.2) is 0 Å². The van der Waals surface area contributed by atoms with Crippen molar-refractivity contribution in [3.05, 3.63) is 69.3 Å². The number of benzene rings is 2. The first-order chi connectivity index (χ1) is 14.1. The molecule has 0 amide bonds. The lowest BCUT2D eigenvalue weighted by Gasteiger charge is -2.30. The van der Waals surface area contributed by atoms with Gasteiger partial charge in [0, 0.05) is 44.4 Å². The van der Waals surface area contributed by atoms with Gasteiger partial charge in [-0.1, -0.05) is 40.9 Å². The summed E-state index contributed by atoms with van der Waals surface area (Å²) in [5, 5.41) is 10.7. The molecule has 1 fully saturated rings. The fraction of sp³-hybridized carbons (Fsp3) is 0.348. The van der Waals surface area contributed by atoms with E-state index in [1.165, 1.54) is 0 Å². The van der Waals surface area contributed by atoms with E-state index in [0.717, 1.165) is 70.8 Å². The number of hydrogen-bond donors (Lipinski definition) is 2. The average molecular weight is 522 g/mol. The second-order valence-corrected chi connectivity index (χ2v) is 8.87. The van der Waals surface area contributed by atoms with Crippen LogP contribution in [-0.4, -0.2) is 23.6 Å². The van der Waals surface area contributed by atoms with Crippen LogP contribution in [0.3, 0.4) is 0 Å². The fourth-order valence-corrected chi connectivity index (χ4v) is 4.83. The van der Waals surface area contributed by atoms with E-state index in [1.807, 2.05) is 48.7 Å². The molecule has 1 aromatic heterocycles. The SMILES string of the molecule is Cl.Cl.Clc1ccc2c(N[C@H]3CC[C@H](NCCc4c(Cl)cccc4Cl)CC3)ccnc2c1. The van der Waals surface area contributed by atoms with Crippen LogP contribution in [0.15, 0.2) is 48.7 Å². The van der Waals surface area contributed by atoms with Gasteiger partial charge in [-0.3, -0.25) is 4.98 Å². The number of fused-ring (bicyclic) bond motifs is 1. The Kier molecular flexibility index (Phi) is 10.5. The van der Waals surface area contributed by atoms with E-state index in [2.05, 4.69) is 15.6 Å². The van der Waals surface area contributed by atoms with Crippen molar-refractivity contribution in [2.75, 3.05) is 11.9 Å². The fourth-order valence-electron chi connectivity index (χ4n) is 4.08. The summed E-state index contributed by atoms with van der Waals surface area (Å²) in [7, 11) is 0. The number of rotatable bonds is 6. The van der Waals surface area contributed by atoms with Crippen molar-refractivity contribution < 1.29 is 0 Å². The predicted octanol–water partition coefficient (Wildman–Crippen LogP) is 7.59. The zero-order valence-corrected chi connectivity index (χ0v) is 20.8. The summed E-state index contributed by atoms with van der Waals surface area (Å²) >= 11 is 18.6. The molecule has 8 heteroatoms. The van der Waals surface area contributed by atoms with Gasteiger partial charge >= 0.3 is 0 Å². The molecule has 0 aliphatic heterocycles. The predicted molar refractivity (Wildman–Crippen MR) is 139 cm³/mol. The molecule has 3 nitrogen and oxygen atoms in total. The monoisotopic (exact) mass is 519 g/mol. The minimum Gasteiger partial charge on any atom is -0.382 e. The van der Waals surface area contributed by atoms with Crippen LogP contribution in [0.5, 0.6) is 0 Å². The van der Waals surface area contributed by atoms with Crippen molar-refractivity contribution in [1.82, 2.24) is 10.3 Å². The van der Waals surface area contributed by atoms with Crippen molar-refractivity contribution in [3.63, 3.8) is 0 Å². The Morgan fingerprint density at radius 1 is 0.871 bits per heavy atom. The van der Waals surface area contributed by atoms with Gasteiger partial charge in [-0.05, 0) is 80.6 Å². The van der Waals surface area contributed by atoms with Crippen molar-refractivity contribution in [3.8, 4) is 0 Å². The quantitative estimate of drug-likeness (QED) is 0.351. The third kappa shape index (κ3) is 6.77. The van der Waals surface area contributed by atoms with Gasteiger partial charge in [-0.2, -0.15) is 0 Å². The average Bonchev–Trinajstić information content (AvgIpc) is 2.71. The molecule has 0 unspecified atom stereocenters. The first-order valence-electron chi connectivity index (χ1n) is 10.1. The van der Waals surface area contributed by atoms with Crippen LogP contribution in [0.25, 0.3) is 10.9 Å². The highest BCUT2D eigenvalue weighted by molar-refractivity contribution is 6.36. The number of nitrogens with zero attached hydrogens (tertiary/aromatic N) is 1. The lowest BCUT2D eigenvalue weighted by atomic mass is 9.90. The first kappa shape index (κ1) is 26.3. The van der Waals surface area contributed by atoms with Gasteiger partial charge in [0.2, 0.25) is 0 Å². The Morgan fingerprint density at radius 2 is 1.55 bits per heavy atom. The summed E-state index contributed by atoms with van der Waals surface area (Å²) in [5.74, 6) is 0. The maximum atomic E-state index is 6.27. The van der Waals surface area contributed by atoms with Crippen LogP contribution in [-0.2, 0) is 6.42 Å². The highest BCUT2D eigenvalue weighted by atomic mass is 35.5. The lowest BCUT2D eigenvalue weighted by molar-refractivity contribution is 0.356. The summed E-state index contributed by atoms with van der Waals surface area (Å²) in [6, 6.07) is 14.6. The Balaban J connectivity index is 0.00000171. The second kappa shape index (κ2) is 12.3. The number of halogens is 5. The molecular formula is C23H26Cl5N3. The van der Waals surface area contributed by atoms with Gasteiger partial charge in [0.15, 0.2) is 0 Å². The summed E-state index contributed by atoms with van der Waals surface area (Å²) in [5.41, 5.74) is 3.09. The number of aromatic nitrogens is 1. The number of anilines is 1. The molecule has 3 aromatic rings. The molecule has 0 spiro atoms. The normalized spacial score (nSPS) is 18.2. The molecule has 31 heavy (non-hydrogen) atoms. The van der Waals surface area contributed by atoms with Gasteiger partial charge in [-0.15, -0.1) is 24.8 Å². The minimum atomic E-state index is 0. The number of pyridine rings is 1. The molecule has 1 saturated carbocycles. The van der Waals surface area contributed by atoms with Crippen LogP contribution in [0.4, 0.5) is 5.69 Å². The third-order valence-corrected chi connectivity index (χ3v) is 6.60. The number of hydrogen-bond acceptors (Lipinski definition) is 3. The molecular weight excluding hydrogens is 496 g/mol. The first-order valence-corrected chi connectivity index (χ1v) is 11.2. The molecule has 2 N–H and O–H groups in total. The lowest BCUT2D eigenvalue weighted by Crippen LogP contribution is -2.37. The van der Waals surface area contributed by atoms with Crippen molar-refractivity contribution in [2.45, 2.75) is 44.2 Å². The van der Waals surface area contributed by atoms with E-state index in [1.54, 1.807) is 0 Å². The Hall–Kier alpha value is -0.940. The van der Waals surface area contributed by atoms with Gasteiger partial charge < -0.3 is 10.6 Å². The maximum Gasteiger partial charge on any atom is 0.0737 e. The minimum absolute atomic E-state index is 0. The van der Waals surface area contributed by atoms with E-state index < -0.39 is 0 Å². The summed E-state index contributed by atoms with van der Waals surface area (Å²) in [4.78, 5) is 4.43. The third-order valence-electron chi connectivity index (χ3n) is 5.66. The molecule has 0 atom stereocenters. The van der Waals surface area contributed by atoms with Crippen LogP contribution >= 0.6 is 59.6 Å². The highest BCUT2D eigenvalue weighted by Gasteiger charge is 2.21. The van der Waals surface area contributed by atoms with Crippen LogP contribution < -0.4 is 10.6 Å². The zero-order chi connectivity index (χ0) is 20.2. The molecule has 1 aliphatic carbocycles. The van der Waals surface area contributed by atoms with Gasteiger partial charge in [0.25, 0.3) is 0 Å². The van der Waals surface area contributed by atoms with Crippen molar-refractivity contribution in [1.29, 1.82) is 0 Å². The molecule has 0 radical (unpaired) electrons. The molecule has 2 aromatic carbocycles. The van der Waals surface area contributed by atoms with E-state index >= 15 is 0 Å². The second-order valence-electron chi connectivity index (χ2n) is 7.62. The summed E-state index contributed by atoms with van der Waals surface area (Å²) in [6.07, 6.45) is 7.28. The molecule has 1 aliphatic rings. The van der Waals surface area contributed by atoms with E-state index in [0.29, 0.717) is 17.1 Å². The summed E-state index contributed by atoms with van der Waals surface area (Å²) in [6.45, 7) is 0.891. The standard InChI is InChI=1S/C23H24Cl3N3.2ClH/c24-15-4-9-19-22(11-13-28-23(19)14-15)29-17-7-5-16(6-8-17)27-12-10-18-20(25)2-1-3-21(18)26;;/h1-4,9,11,13-14,16-17,27H,5-8,10,12H2,(H,28,29);2*1H/t16-,17-;;. The molecule has 168 valence electrons. The molecule has 0 saturated heterocycles. The van der Waals surface area contributed by atoms with E-state index in [-0.39, 0.29) is 24.8 Å². The molecule has 0 bridgehead atoms. The number of nitrogens with one attached hydrogen (secondary N) is 2.